The second kappa shape index (κ2) is 22.6. The smallest absolute Gasteiger partial charge is 0.182 e. The van der Waals surface area contributed by atoms with E-state index in [0.717, 1.165) is 69.2 Å². The number of hydrogen-bond donors (Lipinski definition) is 13. The Kier molecular flexibility index (Phi) is 16.8. The summed E-state index contributed by atoms with van der Waals surface area (Å²) in [6.45, 7) is 6.47. The van der Waals surface area contributed by atoms with Crippen molar-refractivity contribution in [2.45, 2.75) is 259 Å². The predicted molar refractivity (Wildman–Crippen MR) is 301 cm³/mol. The van der Waals surface area contributed by atoms with Crippen molar-refractivity contribution >= 4 is 5.78 Å². The van der Waals surface area contributed by atoms with Crippen LogP contribution in [0.15, 0.2) is 46.8 Å². The van der Waals surface area contributed by atoms with Gasteiger partial charge in [-0.05, 0) is 201 Å². The summed E-state index contributed by atoms with van der Waals surface area (Å²) in [5.41, 5.74) is -1.28. The molecular formula is C64H102N4O11. The lowest BCUT2D eigenvalue weighted by atomic mass is 9.37. The number of aliphatic hydroxyl groups is 9. The number of Topliss-reactive ketones (excluding diaryl/α,β-unsaturated/α-hetero) is 1. The highest BCUT2D eigenvalue weighted by molar-refractivity contribution is 6.00. The molecule has 0 aromatic rings. The van der Waals surface area contributed by atoms with Gasteiger partial charge in [-0.1, -0.05) is 63.7 Å². The van der Waals surface area contributed by atoms with Gasteiger partial charge in [0.2, 0.25) is 0 Å². The number of dihydropyridines is 1. The lowest BCUT2D eigenvalue weighted by Gasteiger charge is -2.69. The Morgan fingerprint density at radius 1 is 0.886 bits per heavy atom. The molecule has 0 aromatic carbocycles. The number of rotatable bonds is 15. The third-order valence-electron chi connectivity index (χ3n) is 24.1. The number of aliphatic hydroxyl groups excluding tert-OH is 5. The van der Waals surface area contributed by atoms with Gasteiger partial charge < -0.3 is 72.4 Å². The highest BCUT2D eigenvalue weighted by atomic mass is 16.5. The van der Waals surface area contributed by atoms with E-state index >= 15 is 9.90 Å². The number of nitrogens with two attached hydrogens (primary N) is 1. The molecule has 79 heavy (non-hydrogen) atoms. The molecule has 14 N–H and O–H groups in total. The molecule has 0 bridgehead atoms. The molecule has 1 spiro atoms. The van der Waals surface area contributed by atoms with Crippen molar-refractivity contribution in [3.05, 3.63) is 46.8 Å². The molecule has 0 amide bonds. The molecular weight excluding hydrogens is 1000 g/mol. The van der Waals surface area contributed by atoms with Gasteiger partial charge in [-0.3, -0.25) is 4.79 Å². The number of hydrogen-bond acceptors (Lipinski definition) is 15. The molecule has 9 aliphatic carbocycles. The summed E-state index contributed by atoms with van der Waals surface area (Å²) < 4.78 is 7.21. The Balaban J connectivity index is 1.08. The first-order chi connectivity index (χ1) is 37.7. The molecule has 444 valence electrons. The molecule has 11 rings (SSSR count). The quantitative estimate of drug-likeness (QED) is 0.0893. The fraction of sp³-hybridized carbons (Fsp3) is 0.859. The van der Waals surface area contributed by atoms with Gasteiger partial charge in [0.15, 0.2) is 5.78 Å². The van der Waals surface area contributed by atoms with E-state index < -0.39 is 99.5 Å². The predicted octanol–water partition coefficient (Wildman–Crippen LogP) is 5.58. The summed E-state index contributed by atoms with van der Waals surface area (Å²) in [6.07, 6.45) is 20.2. The largest absolute Gasteiger partial charge is 0.396 e. The van der Waals surface area contributed by atoms with Crippen LogP contribution in [-0.4, -0.2) is 143 Å². The topological polar surface area (TPSA) is 270 Å². The van der Waals surface area contributed by atoms with Crippen molar-refractivity contribution in [3.63, 3.8) is 0 Å². The van der Waals surface area contributed by atoms with Crippen LogP contribution in [0.2, 0.25) is 0 Å². The highest BCUT2D eigenvalue weighted by Gasteiger charge is 2.80. The molecule has 1 unspecified atom stereocenters. The zero-order valence-electron chi connectivity index (χ0n) is 48.0. The Bertz CT molecular complexity index is 2330. The maximum Gasteiger partial charge on any atom is 0.182 e. The lowest BCUT2D eigenvalue weighted by molar-refractivity contribution is -0.276. The minimum Gasteiger partial charge on any atom is -0.396 e. The molecule has 1 saturated heterocycles. The fourth-order valence-corrected chi connectivity index (χ4v) is 20.6. The lowest BCUT2D eigenvalue weighted by Crippen LogP contribution is -2.74. The summed E-state index contributed by atoms with van der Waals surface area (Å²) in [7, 11) is 0. The number of fused-ring (bicyclic) bond motifs is 5. The van der Waals surface area contributed by atoms with Crippen molar-refractivity contribution in [2.24, 2.45) is 69.8 Å². The van der Waals surface area contributed by atoms with Gasteiger partial charge in [-0.2, -0.15) is 0 Å². The van der Waals surface area contributed by atoms with Gasteiger partial charge in [0, 0.05) is 54.0 Å². The fourth-order valence-electron chi connectivity index (χ4n) is 20.6. The Labute approximate surface area is 470 Å². The third kappa shape index (κ3) is 9.83. The maximum atomic E-state index is 16.1. The van der Waals surface area contributed by atoms with E-state index in [0.29, 0.717) is 62.0 Å². The molecule has 15 nitrogen and oxygen atoms in total. The first kappa shape index (κ1) is 58.5. The van der Waals surface area contributed by atoms with E-state index in [1.807, 2.05) is 24.3 Å². The molecule has 15 heteroatoms. The summed E-state index contributed by atoms with van der Waals surface area (Å²) in [4.78, 5) is 16.1. The van der Waals surface area contributed by atoms with Gasteiger partial charge >= 0.3 is 0 Å². The van der Waals surface area contributed by atoms with Crippen LogP contribution >= 0.6 is 0 Å². The van der Waals surface area contributed by atoms with Crippen molar-refractivity contribution in [1.82, 2.24) is 16.0 Å². The van der Waals surface area contributed by atoms with Crippen molar-refractivity contribution < 1.29 is 55.5 Å². The Morgan fingerprint density at radius 3 is 2.37 bits per heavy atom. The molecule has 2 heterocycles. The number of carbonyl (C=O) groups excluding carboxylic acids is 1. The Hall–Kier alpha value is -2.25. The monoisotopic (exact) mass is 1100 g/mol. The van der Waals surface area contributed by atoms with Crippen molar-refractivity contribution in [2.75, 3.05) is 19.7 Å². The van der Waals surface area contributed by atoms with Crippen LogP contribution in [-0.2, 0) is 9.53 Å². The van der Waals surface area contributed by atoms with E-state index in [-0.39, 0.29) is 87.5 Å². The minimum atomic E-state index is -1.94. The number of ether oxygens (including phenoxy) is 1. The van der Waals surface area contributed by atoms with Gasteiger partial charge in [-0.25, -0.2) is 0 Å². The molecule has 0 aromatic heterocycles. The molecule has 7 saturated carbocycles. The van der Waals surface area contributed by atoms with Gasteiger partial charge in [0.25, 0.3) is 0 Å². The van der Waals surface area contributed by atoms with Gasteiger partial charge in [0.1, 0.15) is 5.60 Å². The highest BCUT2D eigenvalue weighted by Crippen LogP contribution is 2.77. The van der Waals surface area contributed by atoms with E-state index in [1.165, 1.54) is 32.1 Å². The van der Waals surface area contributed by atoms with Crippen LogP contribution in [0.1, 0.15) is 188 Å². The summed E-state index contributed by atoms with van der Waals surface area (Å²) in [6, 6.07) is 0.503. The molecule has 20 atom stereocenters. The van der Waals surface area contributed by atoms with Crippen LogP contribution in [0, 0.1) is 64.1 Å². The van der Waals surface area contributed by atoms with Crippen LogP contribution < -0.4 is 21.7 Å². The number of nitrogens with one attached hydrogen (secondary N) is 3. The first-order valence-electron chi connectivity index (χ1n) is 32.0. The van der Waals surface area contributed by atoms with Crippen molar-refractivity contribution in [3.8, 4) is 0 Å². The summed E-state index contributed by atoms with van der Waals surface area (Å²) in [5, 5.41) is 126. The van der Waals surface area contributed by atoms with Crippen LogP contribution in [0.3, 0.4) is 0 Å². The molecule has 11 aliphatic rings. The van der Waals surface area contributed by atoms with E-state index in [9.17, 15) is 40.9 Å². The van der Waals surface area contributed by atoms with Crippen LogP contribution in [0.25, 0.3) is 0 Å². The molecule has 0 radical (unpaired) electrons. The maximum absolute atomic E-state index is 16.1. The summed E-state index contributed by atoms with van der Waals surface area (Å²) >= 11 is 0. The normalized spacial score (nSPS) is 47.4. The Morgan fingerprint density at radius 2 is 1.63 bits per heavy atom. The van der Waals surface area contributed by atoms with Crippen LogP contribution in [0.4, 0.5) is 0 Å². The third-order valence-corrected chi connectivity index (χ3v) is 24.1. The summed E-state index contributed by atoms with van der Waals surface area (Å²) in [5.74, 6) is -3.13. The number of carbonyl (C=O) groups is 1. The SMILES string of the molecule is CCC[C@H]1CC[C@H]2[C@H]3[C@@H](O[C@@H]2CC1)[C@@](O)([C@](C)(O)[C@H]1CC[C@@]2(O)C4=C(NC[C@H](C)O)C(=O)[C@@H]5C[C@@H](O)[C@@H](O)C[C@@]56C[C@@H](C5=C(CCCO)NC(N)C=C5)C=C[C@@](O)(C[C@]12C1CCC(CNC2CCCCC2)CC1)[C@@H]46)CCC[C@@H]3O. The second-order valence-corrected chi connectivity index (χ2v) is 28.4. The molecule has 8 fully saturated rings. The number of ketones is 1. The minimum absolute atomic E-state index is 0.00244. The zero-order chi connectivity index (χ0) is 55.9. The van der Waals surface area contributed by atoms with Gasteiger partial charge in [0.05, 0.1) is 65.3 Å². The second-order valence-electron chi connectivity index (χ2n) is 28.4. The average molecular weight is 1100 g/mol. The van der Waals surface area contributed by atoms with E-state index in [2.05, 4.69) is 22.9 Å². The first-order valence-corrected chi connectivity index (χ1v) is 32.0. The molecule has 2 aliphatic heterocycles. The van der Waals surface area contributed by atoms with Crippen LogP contribution in [0.5, 0.6) is 0 Å². The van der Waals surface area contributed by atoms with E-state index in [1.54, 1.807) is 13.8 Å². The average Bonchev–Trinajstić information content (AvgIpc) is 2.55. The number of allylic oxidation sites excluding steroid dienone is 5. The zero-order valence-corrected chi connectivity index (χ0v) is 48.0. The van der Waals surface area contributed by atoms with E-state index in [4.69, 9.17) is 10.5 Å². The standard InChI is InChI=1S/C64H102N4O11/c1-4-10-38-17-21-44-50(23-18-38)79-58-53(44)47(71)14-8-27-64(58,78)59(3,75)51-26-29-63(77)54-55(67-34-37(2)70)56(74)45-31-48(72)49(73)33-60(45)32-40(43-22-24-52(65)68-46(43)13-9-30-69)25-28-61(76,57(54)60)36-62(51,63)41-19-15-39(16-20-41)35-66-42-11-6-5-7-12-42/h22,24-25,28,37-42,44-45,47-53,57-58,66-73,75-78H,4-21,23,26-27,29-36,65H2,1-3H3/t37-,38-,39?,40-,41?,44+,45-,47-,48+,49-,50+,51+,52?,53+,57-,58+,59+,60-,61+,62-,63+,64+/m0/s1. The van der Waals surface area contributed by atoms with Crippen molar-refractivity contribution in [1.29, 1.82) is 0 Å². The van der Waals surface area contributed by atoms with Gasteiger partial charge in [-0.15, -0.1) is 0 Å².